The van der Waals surface area contributed by atoms with E-state index in [9.17, 15) is 9.90 Å². The molecule has 1 saturated carbocycles. The largest absolute Gasteiger partial charge is 0.465 e. The maximum atomic E-state index is 12.4. The molecular weight excluding hydrogens is 274 g/mol. The number of rotatable bonds is 7. The summed E-state index contributed by atoms with van der Waals surface area (Å²) in [4.78, 5) is 12.4. The van der Waals surface area contributed by atoms with E-state index in [1.54, 1.807) is 11.8 Å². The second-order valence-corrected chi connectivity index (χ2v) is 7.69. The van der Waals surface area contributed by atoms with Crippen molar-refractivity contribution in [1.29, 1.82) is 0 Å². The summed E-state index contributed by atoms with van der Waals surface area (Å²) in [6, 6.07) is 0.249. The zero-order chi connectivity index (χ0) is 15.2. The van der Waals surface area contributed by atoms with E-state index in [0.717, 1.165) is 25.7 Å². The molecule has 1 aliphatic carbocycles. The maximum Gasteiger partial charge on any atom is 0.326 e. The minimum Gasteiger partial charge on any atom is -0.465 e. The fraction of sp³-hybridized carbons (Fsp3) is 0.933. The van der Waals surface area contributed by atoms with Gasteiger partial charge in [0, 0.05) is 16.5 Å². The van der Waals surface area contributed by atoms with E-state index in [0.29, 0.717) is 11.9 Å². The van der Waals surface area contributed by atoms with Gasteiger partial charge in [-0.15, -0.1) is 0 Å². The van der Waals surface area contributed by atoms with Crippen molar-refractivity contribution in [2.24, 2.45) is 0 Å². The molecule has 20 heavy (non-hydrogen) atoms. The number of ether oxygens (including phenoxy) is 1. The Morgan fingerprint density at radius 2 is 2.20 bits per heavy atom. The zero-order valence-electron chi connectivity index (χ0n) is 13.1. The maximum absolute atomic E-state index is 12.4. The van der Waals surface area contributed by atoms with E-state index >= 15 is 0 Å². The predicted octanol–water partition coefficient (Wildman–Crippen LogP) is 2.34. The summed E-state index contributed by atoms with van der Waals surface area (Å²) in [5.74, 6) is -0.115. The second kappa shape index (κ2) is 8.25. The van der Waals surface area contributed by atoms with Crippen LogP contribution in [0, 0.1) is 0 Å². The molecule has 0 aliphatic heterocycles. The smallest absolute Gasteiger partial charge is 0.326 e. The molecule has 1 aliphatic rings. The van der Waals surface area contributed by atoms with E-state index in [-0.39, 0.29) is 23.9 Å². The van der Waals surface area contributed by atoms with Crippen LogP contribution < -0.4 is 5.32 Å². The topological polar surface area (TPSA) is 58.6 Å². The third-order valence-electron chi connectivity index (χ3n) is 3.62. The lowest BCUT2D eigenvalue weighted by Crippen LogP contribution is -2.58. The number of hydrogen-bond acceptors (Lipinski definition) is 5. The Hall–Kier alpha value is -0.260. The molecule has 1 rings (SSSR count). The highest BCUT2D eigenvalue weighted by atomic mass is 32.2. The van der Waals surface area contributed by atoms with E-state index in [1.807, 2.05) is 13.8 Å². The first-order valence-corrected chi connectivity index (χ1v) is 8.59. The lowest BCUT2D eigenvalue weighted by Gasteiger charge is -2.41. The van der Waals surface area contributed by atoms with Gasteiger partial charge in [-0.2, -0.15) is 11.8 Å². The quantitative estimate of drug-likeness (QED) is 0.707. The standard InChI is InChI=1S/C15H29NO3S/c1-5-19-14(18)15(16-11(2)3)8-6-7-13(9-15)20-12(4)10-17/h11-13,16-17H,5-10H2,1-4H3. The molecule has 5 heteroatoms. The van der Waals surface area contributed by atoms with E-state index < -0.39 is 5.54 Å². The number of thioether (sulfide) groups is 1. The molecule has 3 unspecified atom stereocenters. The fourth-order valence-corrected chi connectivity index (χ4v) is 4.34. The van der Waals surface area contributed by atoms with Gasteiger partial charge in [-0.3, -0.25) is 10.1 Å². The Kier molecular flexibility index (Phi) is 7.34. The summed E-state index contributed by atoms with van der Waals surface area (Å²) in [6.45, 7) is 8.61. The normalized spacial score (nSPS) is 28.4. The first-order chi connectivity index (χ1) is 9.43. The molecule has 0 aromatic rings. The molecular formula is C15H29NO3S. The third kappa shape index (κ3) is 4.93. The molecule has 0 radical (unpaired) electrons. The second-order valence-electron chi connectivity index (χ2n) is 5.95. The summed E-state index contributed by atoms with van der Waals surface area (Å²) in [7, 11) is 0. The zero-order valence-corrected chi connectivity index (χ0v) is 14.0. The van der Waals surface area contributed by atoms with Crippen LogP contribution in [-0.2, 0) is 9.53 Å². The van der Waals surface area contributed by atoms with E-state index in [2.05, 4.69) is 19.2 Å². The number of nitrogens with one attached hydrogen (secondary N) is 1. The highest BCUT2D eigenvalue weighted by molar-refractivity contribution is 8.00. The predicted molar refractivity (Wildman–Crippen MR) is 84.0 cm³/mol. The molecule has 0 amide bonds. The Bertz CT molecular complexity index is 311. The summed E-state index contributed by atoms with van der Waals surface area (Å²) in [5, 5.41) is 13.3. The average molecular weight is 303 g/mol. The Morgan fingerprint density at radius 3 is 2.75 bits per heavy atom. The summed E-state index contributed by atoms with van der Waals surface area (Å²) >= 11 is 1.79. The molecule has 2 N–H and O–H groups in total. The molecule has 4 nitrogen and oxygen atoms in total. The van der Waals surface area contributed by atoms with Crippen molar-refractivity contribution in [1.82, 2.24) is 5.32 Å². The van der Waals surface area contributed by atoms with Gasteiger partial charge >= 0.3 is 5.97 Å². The summed E-state index contributed by atoms with van der Waals surface area (Å²) < 4.78 is 5.31. The Balaban J connectivity index is 2.78. The van der Waals surface area contributed by atoms with E-state index in [1.165, 1.54) is 0 Å². The van der Waals surface area contributed by atoms with Crippen LogP contribution in [0.15, 0.2) is 0 Å². The number of carbonyl (C=O) groups is 1. The highest BCUT2D eigenvalue weighted by Gasteiger charge is 2.44. The first-order valence-electron chi connectivity index (χ1n) is 7.64. The van der Waals surface area contributed by atoms with Crippen LogP contribution in [0.25, 0.3) is 0 Å². The van der Waals surface area contributed by atoms with Crippen LogP contribution in [0.3, 0.4) is 0 Å². The number of carbonyl (C=O) groups excluding carboxylic acids is 1. The Labute approximate surface area is 127 Å². The van der Waals surface area contributed by atoms with Gasteiger partial charge in [-0.05, 0) is 46.5 Å². The van der Waals surface area contributed by atoms with Gasteiger partial charge in [0.2, 0.25) is 0 Å². The van der Waals surface area contributed by atoms with Crippen LogP contribution in [-0.4, -0.2) is 46.4 Å². The van der Waals surface area contributed by atoms with Crippen molar-refractivity contribution in [2.45, 2.75) is 75.5 Å². The van der Waals surface area contributed by atoms with Crippen molar-refractivity contribution in [3.8, 4) is 0 Å². The Morgan fingerprint density at radius 1 is 1.50 bits per heavy atom. The number of esters is 1. The van der Waals surface area contributed by atoms with E-state index in [4.69, 9.17) is 4.74 Å². The lowest BCUT2D eigenvalue weighted by atomic mass is 9.80. The SMILES string of the molecule is CCOC(=O)C1(NC(C)C)CCCC(SC(C)CO)C1. The van der Waals surface area contributed by atoms with Crippen LogP contribution >= 0.6 is 11.8 Å². The highest BCUT2D eigenvalue weighted by Crippen LogP contribution is 2.37. The first kappa shape index (κ1) is 17.8. The molecule has 0 heterocycles. The van der Waals surface area contributed by atoms with Crippen molar-refractivity contribution in [2.75, 3.05) is 13.2 Å². The fourth-order valence-electron chi connectivity index (χ4n) is 2.91. The average Bonchev–Trinajstić information content (AvgIpc) is 2.38. The van der Waals surface area contributed by atoms with Gasteiger partial charge in [0.25, 0.3) is 0 Å². The summed E-state index contributed by atoms with van der Waals surface area (Å²) in [5.41, 5.74) is -0.546. The van der Waals surface area contributed by atoms with Gasteiger partial charge in [-0.25, -0.2) is 0 Å². The minimum absolute atomic E-state index is 0.115. The molecule has 0 aromatic heterocycles. The number of aliphatic hydroxyl groups excluding tert-OH is 1. The summed E-state index contributed by atoms with van der Waals surface area (Å²) in [6.07, 6.45) is 3.76. The van der Waals surface area contributed by atoms with Gasteiger partial charge < -0.3 is 9.84 Å². The van der Waals surface area contributed by atoms with Crippen molar-refractivity contribution in [3.05, 3.63) is 0 Å². The van der Waals surface area contributed by atoms with Gasteiger partial charge in [0.05, 0.1) is 13.2 Å². The van der Waals surface area contributed by atoms with Crippen LogP contribution in [0.4, 0.5) is 0 Å². The van der Waals surface area contributed by atoms with Gasteiger partial charge in [0.15, 0.2) is 0 Å². The molecule has 0 aromatic carbocycles. The lowest BCUT2D eigenvalue weighted by molar-refractivity contribution is -0.153. The van der Waals surface area contributed by atoms with Crippen molar-refractivity contribution < 1.29 is 14.6 Å². The van der Waals surface area contributed by atoms with Gasteiger partial charge in [0.1, 0.15) is 5.54 Å². The number of hydrogen-bond donors (Lipinski definition) is 2. The molecule has 118 valence electrons. The third-order valence-corrected chi connectivity index (χ3v) is 5.02. The van der Waals surface area contributed by atoms with Gasteiger partial charge in [-0.1, -0.05) is 6.92 Å². The molecule has 0 spiro atoms. The van der Waals surface area contributed by atoms with Crippen molar-refractivity contribution >= 4 is 17.7 Å². The van der Waals surface area contributed by atoms with Crippen molar-refractivity contribution in [3.63, 3.8) is 0 Å². The minimum atomic E-state index is -0.546. The van der Waals surface area contributed by atoms with Crippen LogP contribution in [0.2, 0.25) is 0 Å². The van der Waals surface area contributed by atoms with Crippen LogP contribution in [0.1, 0.15) is 53.4 Å². The molecule has 0 saturated heterocycles. The monoisotopic (exact) mass is 303 g/mol. The molecule has 3 atom stereocenters. The van der Waals surface area contributed by atoms with Crippen LogP contribution in [0.5, 0.6) is 0 Å². The molecule has 0 bridgehead atoms. The molecule has 1 fully saturated rings. The number of aliphatic hydroxyl groups is 1.